The maximum atomic E-state index is 13.2. The van der Waals surface area contributed by atoms with Crippen molar-refractivity contribution in [1.82, 2.24) is 14.8 Å². The number of nitrogens with one attached hydrogen (secondary N) is 1. The molecule has 1 saturated heterocycles. The Bertz CT molecular complexity index is 1350. The summed E-state index contributed by atoms with van der Waals surface area (Å²) in [6.45, 7) is 3.65. The SMILES string of the molecule is Cc1cccc(N2C(=O)C[C@H](c3c(C)[nH]n(-c4nc5ccccc5s4)c3=O)C2=O)c1. The summed E-state index contributed by atoms with van der Waals surface area (Å²) in [6, 6.07) is 14.9. The molecule has 0 saturated carbocycles. The summed E-state index contributed by atoms with van der Waals surface area (Å²) in [5.74, 6) is -1.49. The highest BCUT2D eigenvalue weighted by molar-refractivity contribution is 7.20. The van der Waals surface area contributed by atoms with Crippen LogP contribution in [0.25, 0.3) is 15.3 Å². The average molecular weight is 418 g/mol. The van der Waals surface area contributed by atoms with E-state index in [1.807, 2.05) is 37.3 Å². The summed E-state index contributed by atoms with van der Waals surface area (Å²) in [6.07, 6.45) is -0.0272. The van der Waals surface area contributed by atoms with E-state index in [1.54, 1.807) is 25.1 Å². The number of thiazole rings is 1. The Morgan fingerprint density at radius 1 is 1.07 bits per heavy atom. The fourth-order valence-electron chi connectivity index (χ4n) is 3.96. The van der Waals surface area contributed by atoms with Crippen LogP contribution in [0.15, 0.2) is 53.3 Å². The van der Waals surface area contributed by atoms with Gasteiger partial charge < -0.3 is 0 Å². The van der Waals surface area contributed by atoms with E-state index in [0.29, 0.717) is 22.1 Å². The maximum Gasteiger partial charge on any atom is 0.277 e. The van der Waals surface area contributed by atoms with Crippen molar-refractivity contribution >= 4 is 39.1 Å². The van der Waals surface area contributed by atoms with E-state index in [2.05, 4.69) is 10.1 Å². The van der Waals surface area contributed by atoms with Crippen molar-refractivity contribution in [3.63, 3.8) is 0 Å². The number of amides is 2. The minimum Gasteiger partial charge on any atom is -0.293 e. The normalized spacial score (nSPS) is 16.7. The Balaban J connectivity index is 1.56. The van der Waals surface area contributed by atoms with Crippen molar-refractivity contribution in [2.45, 2.75) is 26.2 Å². The number of carbonyl (C=O) groups excluding carboxylic acids is 2. The molecule has 30 heavy (non-hydrogen) atoms. The summed E-state index contributed by atoms with van der Waals surface area (Å²) in [4.78, 5) is 44.7. The van der Waals surface area contributed by atoms with E-state index in [-0.39, 0.29) is 23.8 Å². The smallest absolute Gasteiger partial charge is 0.277 e. The van der Waals surface area contributed by atoms with Crippen LogP contribution in [-0.2, 0) is 9.59 Å². The van der Waals surface area contributed by atoms with Gasteiger partial charge in [0, 0.05) is 12.1 Å². The molecule has 1 N–H and O–H groups in total. The Labute approximate surface area is 175 Å². The van der Waals surface area contributed by atoms with Crippen LogP contribution in [0, 0.1) is 13.8 Å². The lowest BCUT2D eigenvalue weighted by atomic mass is 9.98. The number of aromatic amines is 1. The first kappa shape index (κ1) is 18.5. The third-order valence-corrected chi connectivity index (χ3v) is 6.37. The molecule has 4 aromatic rings. The van der Waals surface area contributed by atoms with Crippen LogP contribution in [0.5, 0.6) is 0 Å². The standard InChI is InChI=1S/C22H18N4O3S/c1-12-6-5-7-14(10-12)25-18(27)11-15(20(25)28)19-13(2)24-26(21(19)29)22-23-16-8-3-4-9-17(16)30-22/h3-10,15,24H,11H2,1-2H3/t15-/m1/s1. The van der Waals surface area contributed by atoms with Crippen molar-refractivity contribution in [3.8, 4) is 5.13 Å². The first-order valence-electron chi connectivity index (χ1n) is 9.55. The molecule has 8 heteroatoms. The van der Waals surface area contributed by atoms with Crippen LogP contribution in [0.2, 0.25) is 0 Å². The van der Waals surface area contributed by atoms with Crippen molar-refractivity contribution in [3.05, 3.63) is 75.7 Å². The number of H-pyrrole nitrogens is 1. The maximum absolute atomic E-state index is 13.2. The zero-order chi connectivity index (χ0) is 21.0. The molecular formula is C22H18N4O3S. The van der Waals surface area contributed by atoms with Crippen LogP contribution in [0.4, 0.5) is 5.69 Å². The largest absolute Gasteiger partial charge is 0.293 e. The molecule has 0 spiro atoms. The number of fused-ring (bicyclic) bond motifs is 1. The van der Waals surface area contributed by atoms with E-state index >= 15 is 0 Å². The molecule has 0 radical (unpaired) electrons. The predicted molar refractivity (Wildman–Crippen MR) is 115 cm³/mol. The second kappa shape index (κ2) is 6.77. The molecule has 0 aliphatic carbocycles. The van der Waals surface area contributed by atoms with Crippen molar-refractivity contribution in [1.29, 1.82) is 0 Å². The molecule has 2 aromatic heterocycles. The number of carbonyl (C=O) groups is 2. The highest BCUT2D eigenvalue weighted by atomic mass is 32.1. The van der Waals surface area contributed by atoms with Gasteiger partial charge in [-0.3, -0.25) is 19.5 Å². The zero-order valence-electron chi connectivity index (χ0n) is 16.4. The summed E-state index contributed by atoms with van der Waals surface area (Å²) in [7, 11) is 0. The second-order valence-electron chi connectivity index (χ2n) is 7.42. The average Bonchev–Trinajstić information content (AvgIpc) is 3.35. The molecule has 5 rings (SSSR count). The molecule has 0 bridgehead atoms. The molecule has 1 aliphatic heterocycles. The van der Waals surface area contributed by atoms with Crippen LogP contribution in [-0.4, -0.2) is 26.6 Å². The molecule has 1 fully saturated rings. The van der Waals surface area contributed by atoms with Gasteiger partial charge in [-0.2, -0.15) is 4.68 Å². The van der Waals surface area contributed by atoms with Gasteiger partial charge in [-0.1, -0.05) is 35.6 Å². The van der Waals surface area contributed by atoms with Crippen LogP contribution >= 0.6 is 11.3 Å². The number of aryl methyl sites for hydroxylation is 2. The van der Waals surface area contributed by atoms with Gasteiger partial charge >= 0.3 is 0 Å². The van der Waals surface area contributed by atoms with Gasteiger partial charge in [-0.25, -0.2) is 9.88 Å². The molecule has 3 heterocycles. The van der Waals surface area contributed by atoms with E-state index < -0.39 is 5.92 Å². The lowest BCUT2D eigenvalue weighted by Gasteiger charge is -2.15. The van der Waals surface area contributed by atoms with Gasteiger partial charge in [-0.05, 0) is 43.7 Å². The lowest BCUT2D eigenvalue weighted by Crippen LogP contribution is -2.31. The van der Waals surface area contributed by atoms with Crippen LogP contribution < -0.4 is 10.5 Å². The Kier molecular flexibility index (Phi) is 4.18. The summed E-state index contributed by atoms with van der Waals surface area (Å²) >= 11 is 1.39. The zero-order valence-corrected chi connectivity index (χ0v) is 17.2. The topological polar surface area (TPSA) is 88.1 Å². The minimum atomic E-state index is -0.808. The van der Waals surface area contributed by atoms with E-state index in [9.17, 15) is 14.4 Å². The number of benzene rings is 2. The fourth-order valence-corrected chi connectivity index (χ4v) is 4.88. The minimum absolute atomic E-state index is 0.0272. The third kappa shape index (κ3) is 2.80. The van der Waals surface area contributed by atoms with E-state index in [4.69, 9.17) is 0 Å². The Morgan fingerprint density at radius 2 is 1.87 bits per heavy atom. The molecular weight excluding hydrogens is 400 g/mol. The van der Waals surface area contributed by atoms with Crippen LogP contribution in [0.3, 0.4) is 0 Å². The van der Waals surface area contributed by atoms with Gasteiger partial charge in [0.15, 0.2) is 0 Å². The Hall–Kier alpha value is -3.52. The molecule has 150 valence electrons. The predicted octanol–water partition coefficient (Wildman–Crippen LogP) is 3.44. The molecule has 1 aliphatic rings. The molecule has 2 aromatic carbocycles. The van der Waals surface area contributed by atoms with Gasteiger partial charge in [-0.15, -0.1) is 0 Å². The van der Waals surface area contributed by atoms with Crippen molar-refractivity contribution in [2.75, 3.05) is 4.90 Å². The molecule has 1 atom stereocenters. The summed E-state index contributed by atoms with van der Waals surface area (Å²) in [5.41, 5.74) is 2.83. The third-order valence-electron chi connectivity index (χ3n) is 5.35. The highest BCUT2D eigenvalue weighted by Crippen LogP contribution is 2.34. The van der Waals surface area contributed by atoms with Gasteiger partial charge in [0.2, 0.25) is 16.9 Å². The number of imide groups is 1. The van der Waals surface area contributed by atoms with Crippen LogP contribution in [0.1, 0.15) is 29.2 Å². The number of para-hydroxylation sites is 1. The second-order valence-corrected chi connectivity index (χ2v) is 8.43. The monoisotopic (exact) mass is 418 g/mol. The summed E-state index contributed by atoms with van der Waals surface area (Å²) < 4.78 is 2.33. The quantitative estimate of drug-likeness (QED) is 0.516. The van der Waals surface area contributed by atoms with E-state index in [0.717, 1.165) is 15.8 Å². The molecule has 0 unspecified atom stereocenters. The first-order chi connectivity index (χ1) is 14.4. The summed E-state index contributed by atoms with van der Waals surface area (Å²) in [5, 5.41) is 3.54. The number of hydrogen-bond donors (Lipinski definition) is 1. The molecule has 2 amide bonds. The first-order valence-corrected chi connectivity index (χ1v) is 10.4. The molecule has 7 nitrogen and oxygen atoms in total. The number of nitrogens with zero attached hydrogens (tertiary/aromatic N) is 3. The fraction of sp³-hybridized carbons (Fsp3) is 0.182. The lowest BCUT2D eigenvalue weighted by molar-refractivity contribution is -0.121. The van der Waals surface area contributed by atoms with Gasteiger partial charge in [0.1, 0.15) is 0 Å². The number of anilines is 1. The van der Waals surface area contributed by atoms with Crippen molar-refractivity contribution < 1.29 is 9.59 Å². The van der Waals surface area contributed by atoms with Gasteiger partial charge in [0.05, 0.1) is 27.4 Å². The number of rotatable bonds is 3. The van der Waals surface area contributed by atoms with Gasteiger partial charge in [0.25, 0.3) is 5.56 Å². The highest BCUT2D eigenvalue weighted by Gasteiger charge is 2.43. The number of hydrogen-bond acceptors (Lipinski definition) is 5. The van der Waals surface area contributed by atoms with Crippen molar-refractivity contribution in [2.24, 2.45) is 0 Å². The number of aromatic nitrogens is 3. The Morgan fingerprint density at radius 3 is 2.63 bits per heavy atom. The van der Waals surface area contributed by atoms with E-state index in [1.165, 1.54) is 20.9 Å².